The van der Waals surface area contributed by atoms with Gasteiger partial charge >= 0.3 is 0 Å². The van der Waals surface area contributed by atoms with Crippen molar-refractivity contribution >= 4 is 0 Å². The molecule has 0 aliphatic carbocycles. The second-order valence-electron chi connectivity index (χ2n) is 5.03. The number of hydrogen-bond donors (Lipinski definition) is 2. The number of rotatable bonds is 5. The Hall–Kier alpha value is -1.58. The van der Waals surface area contributed by atoms with Crippen LogP contribution < -0.4 is 5.32 Å². The van der Waals surface area contributed by atoms with E-state index in [-0.39, 0.29) is 6.61 Å². The Morgan fingerprint density at radius 1 is 1.05 bits per heavy atom. The molecule has 102 valence electrons. The summed E-state index contributed by atoms with van der Waals surface area (Å²) < 4.78 is 2.22. The Balaban J connectivity index is 1.90. The summed E-state index contributed by atoms with van der Waals surface area (Å²) in [5.41, 5.74) is 6.16. The Morgan fingerprint density at radius 2 is 1.68 bits per heavy atom. The van der Waals surface area contributed by atoms with E-state index in [0.717, 1.165) is 18.7 Å². The summed E-state index contributed by atoms with van der Waals surface area (Å²) >= 11 is 0. The summed E-state index contributed by atoms with van der Waals surface area (Å²) in [6, 6.07) is 10.3. The molecule has 0 saturated carbocycles. The van der Waals surface area contributed by atoms with Crippen LogP contribution in [-0.4, -0.2) is 9.67 Å². The van der Waals surface area contributed by atoms with Crippen LogP contribution in [0.3, 0.4) is 0 Å². The minimum absolute atomic E-state index is 0.107. The highest BCUT2D eigenvalue weighted by atomic mass is 16.3. The molecule has 0 fully saturated rings. The molecule has 0 saturated heterocycles. The third-order valence-corrected chi connectivity index (χ3v) is 3.73. The van der Waals surface area contributed by atoms with Gasteiger partial charge in [0, 0.05) is 31.5 Å². The summed E-state index contributed by atoms with van der Waals surface area (Å²) in [6.07, 6.45) is 0. The molecule has 2 N–H and O–H groups in total. The minimum atomic E-state index is 0.107. The van der Waals surface area contributed by atoms with E-state index in [1.807, 2.05) is 12.1 Å². The lowest BCUT2D eigenvalue weighted by atomic mass is 10.1. The van der Waals surface area contributed by atoms with Crippen LogP contribution in [-0.2, 0) is 26.7 Å². The van der Waals surface area contributed by atoms with Crippen molar-refractivity contribution in [3.8, 4) is 0 Å². The van der Waals surface area contributed by atoms with Crippen LogP contribution in [0.1, 0.15) is 28.1 Å². The van der Waals surface area contributed by atoms with Gasteiger partial charge in [0.25, 0.3) is 0 Å². The van der Waals surface area contributed by atoms with Crippen LogP contribution in [0.25, 0.3) is 0 Å². The van der Waals surface area contributed by atoms with Crippen molar-refractivity contribution in [1.82, 2.24) is 9.88 Å². The number of benzene rings is 1. The van der Waals surface area contributed by atoms with Crippen LogP contribution in [0.2, 0.25) is 0 Å². The van der Waals surface area contributed by atoms with Gasteiger partial charge in [-0.3, -0.25) is 0 Å². The molecule has 0 radical (unpaired) electrons. The fourth-order valence-electron chi connectivity index (χ4n) is 2.22. The molecule has 3 nitrogen and oxygen atoms in total. The largest absolute Gasteiger partial charge is 0.392 e. The maximum Gasteiger partial charge on any atom is 0.0681 e. The highest BCUT2D eigenvalue weighted by Gasteiger charge is 2.05. The zero-order valence-electron chi connectivity index (χ0n) is 11.9. The second-order valence-corrected chi connectivity index (χ2v) is 5.03. The standard InChI is InChI=1S/C16H22N2O/c1-12-8-16(13(2)18(12)3)10-17-9-14-4-6-15(11-19)7-5-14/h4-8,17,19H,9-11H2,1-3H3. The zero-order valence-corrected chi connectivity index (χ0v) is 11.9. The SMILES string of the molecule is Cc1cc(CNCc2ccc(CO)cc2)c(C)n1C. The predicted molar refractivity (Wildman–Crippen MR) is 77.8 cm³/mol. The third-order valence-electron chi connectivity index (χ3n) is 3.73. The van der Waals surface area contributed by atoms with Gasteiger partial charge in [0.05, 0.1) is 6.61 Å². The van der Waals surface area contributed by atoms with Crippen LogP contribution >= 0.6 is 0 Å². The molecule has 2 rings (SSSR count). The molecule has 0 amide bonds. The highest BCUT2D eigenvalue weighted by Crippen LogP contribution is 2.13. The van der Waals surface area contributed by atoms with Crippen LogP contribution in [0.4, 0.5) is 0 Å². The normalized spacial score (nSPS) is 10.9. The molecule has 1 aromatic carbocycles. The first-order chi connectivity index (χ1) is 9.11. The van der Waals surface area contributed by atoms with Gasteiger partial charge in [0.2, 0.25) is 0 Å². The summed E-state index contributed by atoms with van der Waals surface area (Å²) in [5, 5.41) is 12.5. The number of nitrogens with zero attached hydrogens (tertiary/aromatic N) is 1. The highest BCUT2D eigenvalue weighted by molar-refractivity contribution is 5.26. The average Bonchev–Trinajstić information content (AvgIpc) is 2.67. The maximum absolute atomic E-state index is 8.99. The van der Waals surface area contributed by atoms with E-state index >= 15 is 0 Å². The van der Waals surface area contributed by atoms with Crippen LogP contribution in [0.5, 0.6) is 0 Å². The molecule has 0 atom stereocenters. The lowest BCUT2D eigenvalue weighted by Crippen LogP contribution is -2.13. The number of aliphatic hydroxyl groups excluding tert-OH is 1. The smallest absolute Gasteiger partial charge is 0.0681 e. The monoisotopic (exact) mass is 258 g/mol. The number of aryl methyl sites for hydroxylation is 1. The number of aromatic nitrogens is 1. The van der Waals surface area contributed by atoms with Gasteiger partial charge in [0.15, 0.2) is 0 Å². The maximum atomic E-state index is 8.99. The lowest BCUT2D eigenvalue weighted by Gasteiger charge is -2.06. The average molecular weight is 258 g/mol. The van der Waals surface area contributed by atoms with Gasteiger partial charge in [-0.2, -0.15) is 0 Å². The Morgan fingerprint density at radius 3 is 2.21 bits per heavy atom. The number of aliphatic hydroxyl groups is 1. The molecular weight excluding hydrogens is 236 g/mol. The van der Waals surface area contributed by atoms with Crippen molar-refractivity contribution in [1.29, 1.82) is 0 Å². The Kier molecular flexibility index (Phi) is 4.40. The van der Waals surface area contributed by atoms with Gasteiger partial charge < -0.3 is 15.0 Å². The number of hydrogen-bond acceptors (Lipinski definition) is 2. The Bertz CT molecular complexity index is 541. The van der Waals surface area contributed by atoms with Gasteiger partial charge in [-0.15, -0.1) is 0 Å². The molecule has 1 aromatic heterocycles. The minimum Gasteiger partial charge on any atom is -0.392 e. The molecule has 0 aliphatic heterocycles. The number of nitrogens with one attached hydrogen (secondary N) is 1. The van der Waals surface area contributed by atoms with E-state index in [1.165, 1.54) is 22.5 Å². The van der Waals surface area contributed by atoms with E-state index < -0.39 is 0 Å². The van der Waals surface area contributed by atoms with Crippen LogP contribution in [0, 0.1) is 13.8 Å². The van der Waals surface area contributed by atoms with Crippen molar-refractivity contribution in [2.75, 3.05) is 0 Å². The molecule has 1 heterocycles. The summed E-state index contributed by atoms with van der Waals surface area (Å²) in [4.78, 5) is 0. The van der Waals surface area contributed by atoms with E-state index in [2.05, 4.69) is 49.0 Å². The molecule has 2 aromatic rings. The quantitative estimate of drug-likeness (QED) is 0.864. The van der Waals surface area contributed by atoms with E-state index in [1.54, 1.807) is 0 Å². The summed E-state index contributed by atoms with van der Waals surface area (Å²) in [6.45, 7) is 6.12. The van der Waals surface area contributed by atoms with Gasteiger partial charge in [-0.25, -0.2) is 0 Å². The van der Waals surface area contributed by atoms with E-state index in [4.69, 9.17) is 5.11 Å². The molecule has 0 bridgehead atoms. The lowest BCUT2D eigenvalue weighted by molar-refractivity contribution is 0.282. The van der Waals surface area contributed by atoms with Crippen LogP contribution in [0.15, 0.2) is 30.3 Å². The summed E-state index contributed by atoms with van der Waals surface area (Å²) in [7, 11) is 2.10. The van der Waals surface area contributed by atoms with Crippen molar-refractivity contribution in [2.24, 2.45) is 7.05 Å². The fraction of sp³-hybridized carbons (Fsp3) is 0.375. The van der Waals surface area contributed by atoms with E-state index in [0.29, 0.717) is 0 Å². The first kappa shape index (κ1) is 13.8. The molecule has 0 unspecified atom stereocenters. The second kappa shape index (κ2) is 6.04. The first-order valence-electron chi connectivity index (χ1n) is 6.63. The van der Waals surface area contributed by atoms with Crippen molar-refractivity contribution < 1.29 is 5.11 Å². The predicted octanol–water partition coefficient (Wildman–Crippen LogP) is 2.42. The molecule has 0 aliphatic rings. The summed E-state index contributed by atoms with van der Waals surface area (Å²) in [5.74, 6) is 0. The molecule has 3 heteroatoms. The molecular formula is C16H22N2O. The van der Waals surface area contributed by atoms with E-state index in [9.17, 15) is 0 Å². The molecule has 0 spiro atoms. The third kappa shape index (κ3) is 3.25. The van der Waals surface area contributed by atoms with Gasteiger partial charge in [-0.05, 0) is 36.6 Å². The van der Waals surface area contributed by atoms with Gasteiger partial charge in [0.1, 0.15) is 0 Å². The molecule has 19 heavy (non-hydrogen) atoms. The van der Waals surface area contributed by atoms with Crippen molar-refractivity contribution in [2.45, 2.75) is 33.5 Å². The van der Waals surface area contributed by atoms with Crippen molar-refractivity contribution in [3.05, 3.63) is 58.4 Å². The van der Waals surface area contributed by atoms with Gasteiger partial charge in [-0.1, -0.05) is 24.3 Å². The first-order valence-corrected chi connectivity index (χ1v) is 6.63. The van der Waals surface area contributed by atoms with Crippen molar-refractivity contribution in [3.63, 3.8) is 0 Å². The topological polar surface area (TPSA) is 37.2 Å². The Labute approximate surface area is 114 Å². The zero-order chi connectivity index (χ0) is 13.8. The fourth-order valence-corrected chi connectivity index (χ4v) is 2.22.